The predicted octanol–water partition coefficient (Wildman–Crippen LogP) is 8.29. The van der Waals surface area contributed by atoms with E-state index in [4.69, 9.17) is 16.3 Å². The van der Waals surface area contributed by atoms with Gasteiger partial charge in [0.1, 0.15) is 11.4 Å². The SMILES string of the molecule is CCOc1ccc(/C=C(\NC(=O)c2ccccc2)C(=O)Nc2ccc(SC(C)C(=O)Nc3ccc(Cl)cc3C(F)(F)F)cc2)cc1. The van der Waals surface area contributed by atoms with Crippen LogP contribution < -0.4 is 20.7 Å². The fourth-order valence-corrected chi connectivity index (χ4v) is 5.14. The first-order chi connectivity index (χ1) is 21.9. The normalized spacial score (nSPS) is 12.2. The predicted molar refractivity (Wildman–Crippen MR) is 175 cm³/mol. The number of hydrogen-bond donors (Lipinski definition) is 3. The van der Waals surface area contributed by atoms with Crippen LogP contribution in [0.3, 0.4) is 0 Å². The second-order valence-corrected chi connectivity index (χ2v) is 11.6. The molecule has 46 heavy (non-hydrogen) atoms. The van der Waals surface area contributed by atoms with E-state index in [1.54, 1.807) is 91.9 Å². The Morgan fingerprint density at radius 2 is 1.59 bits per heavy atom. The Bertz CT molecular complexity index is 1710. The van der Waals surface area contributed by atoms with E-state index >= 15 is 0 Å². The molecule has 4 aromatic rings. The monoisotopic (exact) mass is 667 g/mol. The summed E-state index contributed by atoms with van der Waals surface area (Å²) in [5, 5.41) is 6.91. The van der Waals surface area contributed by atoms with Crippen LogP contribution in [0.15, 0.2) is 108 Å². The Morgan fingerprint density at radius 3 is 2.22 bits per heavy atom. The molecule has 0 aliphatic carbocycles. The lowest BCUT2D eigenvalue weighted by atomic mass is 10.1. The zero-order valence-electron chi connectivity index (χ0n) is 24.7. The zero-order chi connectivity index (χ0) is 33.3. The number of ether oxygens (including phenoxy) is 1. The van der Waals surface area contributed by atoms with Gasteiger partial charge in [0.05, 0.1) is 23.1 Å². The Labute approximate surface area is 273 Å². The molecule has 4 aromatic carbocycles. The summed E-state index contributed by atoms with van der Waals surface area (Å²) < 4.78 is 45.7. The van der Waals surface area contributed by atoms with Gasteiger partial charge in [0.15, 0.2) is 0 Å². The minimum Gasteiger partial charge on any atom is -0.494 e. The molecule has 0 bridgehead atoms. The second-order valence-electron chi connectivity index (χ2n) is 9.80. The molecule has 3 N–H and O–H groups in total. The van der Waals surface area contributed by atoms with Crippen molar-refractivity contribution in [2.24, 2.45) is 0 Å². The number of nitrogens with one attached hydrogen (secondary N) is 3. The van der Waals surface area contributed by atoms with Gasteiger partial charge in [0, 0.05) is 21.2 Å². The molecule has 0 saturated carbocycles. The first kappa shape index (κ1) is 34.1. The van der Waals surface area contributed by atoms with Crippen LogP contribution in [-0.2, 0) is 15.8 Å². The third-order valence-electron chi connectivity index (χ3n) is 6.37. The van der Waals surface area contributed by atoms with E-state index in [-0.39, 0.29) is 16.4 Å². The Hall–Kier alpha value is -4.74. The van der Waals surface area contributed by atoms with Gasteiger partial charge in [0.25, 0.3) is 11.8 Å². The summed E-state index contributed by atoms with van der Waals surface area (Å²) in [4.78, 5) is 39.6. The fourth-order valence-electron chi connectivity index (χ4n) is 4.10. The molecule has 4 rings (SSSR count). The van der Waals surface area contributed by atoms with Gasteiger partial charge in [-0.05, 0) is 92.2 Å². The molecule has 0 aliphatic rings. The minimum absolute atomic E-state index is 0.00202. The lowest BCUT2D eigenvalue weighted by Gasteiger charge is -2.17. The fraction of sp³-hybridized carbons (Fsp3) is 0.147. The van der Waals surface area contributed by atoms with Crippen LogP contribution in [0.5, 0.6) is 5.75 Å². The van der Waals surface area contributed by atoms with Crippen molar-refractivity contribution in [3.05, 3.63) is 124 Å². The molecule has 3 amide bonds. The third kappa shape index (κ3) is 9.63. The first-order valence-corrected chi connectivity index (χ1v) is 15.3. The molecule has 0 radical (unpaired) electrons. The molecular formula is C34H29ClF3N3O4S. The lowest BCUT2D eigenvalue weighted by molar-refractivity contribution is -0.137. The van der Waals surface area contributed by atoms with Gasteiger partial charge in [-0.2, -0.15) is 13.2 Å². The van der Waals surface area contributed by atoms with Crippen LogP contribution in [0.2, 0.25) is 5.02 Å². The number of carbonyl (C=O) groups is 3. The maximum Gasteiger partial charge on any atom is 0.418 e. The Kier molecular flexibility index (Phi) is 11.5. The summed E-state index contributed by atoms with van der Waals surface area (Å²) in [7, 11) is 0. The highest BCUT2D eigenvalue weighted by Crippen LogP contribution is 2.37. The number of carbonyl (C=O) groups excluding carboxylic acids is 3. The number of alkyl halides is 3. The smallest absolute Gasteiger partial charge is 0.418 e. The topological polar surface area (TPSA) is 96.5 Å². The van der Waals surface area contributed by atoms with E-state index in [0.29, 0.717) is 34.1 Å². The molecule has 0 heterocycles. The standard InChI is InChI=1S/C34H29ClF3N3O4S/c1-3-45-26-14-9-22(10-15-26)19-30(41-32(43)23-7-5-4-6-8-23)33(44)39-25-12-16-27(17-13-25)46-21(2)31(42)40-29-18-11-24(35)20-28(29)34(36,37)38/h4-21H,3H2,1-2H3,(H,39,44)(H,40,42)(H,41,43)/b30-19-. The Morgan fingerprint density at radius 1 is 0.913 bits per heavy atom. The molecule has 1 atom stereocenters. The number of hydrogen-bond acceptors (Lipinski definition) is 5. The molecular weight excluding hydrogens is 639 g/mol. The van der Waals surface area contributed by atoms with Gasteiger partial charge in [-0.15, -0.1) is 11.8 Å². The second kappa shape index (κ2) is 15.5. The molecule has 1 unspecified atom stereocenters. The van der Waals surface area contributed by atoms with E-state index < -0.39 is 34.7 Å². The van der Waals surface area contributed by atoms with Crippen molar-refractivity contribution >= 4 is 58.5 Å². The average Bonchev–Trinajstić information content (AvgIpc) is 3.03. The van der Waals surface area contributed by atoms with Crippen LogP contribution >= 0.6 is 23.4 Å². The Balaban J connectivity index is 1.44. The van der Waals surface area contributed by atoms with Crippen molar-refractivity contribution in [1.82, 2.24) is 5.32 Å². The summed E-state index contributed by atoms with van der Waals surface area (Å²) >= 11 is 6.84. The number of halogens is 4. The number of rotatable bonds is 11. The van der Waals surface area contributed by atoms with Gasteiger partial charge in [-0.3, -0.25) is 14.4 Å². The van der Waals surface area contributed by atoms with Gasteiger partial charge >= 0.3 is 6.18 Å². The van der Waals surface area contributed by atoms with Crippen molar-refractivity contribution in [2.45, 2.75) is 30.2 Å². The lowest BCUT2D eigenvalue weighted by Crippen LogP contribution is -2.30. The summed E-state index contributed by atoms with van der Waals surface area (Å²) in [5.41, 5.74) is 0.0126. The number of anilines is 2. The molecule has 0 aliphatic heterocycles. The molecule has 7 nitrogen and oxygen atoms in total. The van der Waals surface area contributed by atoms with Crippen LogP contribution in [-0.4, -0.2) is 29.6 Å². The van der Waals surface area contributed by atoms with Gasteiger partial charge < -0.3 is 20.7 Å². The highest BCUT2D eigenvalue weighted by molar-refractivity contribution is 8.00. The van der Waals surface area contributed by atoms with Crippen molar-refractivity contribution < 1.29 is 32.3 Å². The zero-order valence-corrected chi connectivity index (χ0v) is 26.2. The van der Waals surface area contributed by atoms with Gasteiger partial charge in [0.2, 0.25) is 5.91 Å². The molecule has 0 spiro atoms. The quantitative estimate of drug-likeness (QED) is 0.111. The van der Waals surface area contributed by atoms with E-state index in [9.17, 15) is 27.6 Å². The van der Waals surface area contributed by atoms with E-state index in [1.807, 2.05) is 6.92 Å². The third-order valence-corrected chi connectivity index (χ3v) is 7.72. The highest BCUT2D eigenvalue weighted by Gasteiger charge is 2.34. The number of amides is 3. The van der Waals surface area contributed by atoms with E-state index in [0.717, 1.165) is 23.9 Å². The van der Waals surface area contributed by atoms with Crippen molar-refractivity contribution in [1.29, 1.82) is 0 Å². The largest absolute Gasteiger partial charge is 0.494 e. The van der Waals surface area contributed by atoms with Crippen LogP contribution in [0, 0.1) is 0 Å². The number of benzene rings is 4. The van der Waals surface area contributed by atoms with Crippen LogP contribution in [0.25, 0.3) is 6.08 Å². The highest BCUT2D eigenvalue weighted by atomic mass is 35.5. The molecule has 0 saturated heterocycles. The molecule has 0 fully saturated rings. The van der Waals surface area contributed by atoms with Crippen molar-refractivity contribution in [2.75, 3.05) is 17.2 Å². The summed E-state index contributed by atoms with van der Waals surface area (Å²) in [6, 6.07) is 25.2. The number of thioether (sulfide) groups is 1. The maximum absolute atomic E-state index is 13.4. The average molecular weight is 668 g/mol. The van der Waals surface area contributed by atoms with Crippen molar-refractivity contribution in [3.8, 4) is 5.75 Å². The summed E-state index contributed by atoms with van der Waals surface area (Å²) in [5.74, 6) is -1.00. The minimum atomic E-state index is -4.70. The van der Waals surface area contributed by atoms with Crippen molar-refractivity contribution in [3.63, 3.8) is 0 Å². The molecule has 12 heteroatoms. The van der Waals surface area contributed by atoms with E-state index in [2.05, 4.69) is 16.0 Å². The summed E-state index contributed by atoms with van der Waals surface area (Å²) in [6.07, 6.45) is -3.15. The van der Waals surface area contributed by atoms with Crippen LogP contribution in [0.4, 0.5) is 24.5 Å². The molecule has 238 valence electrons. The maximum atomic E-state index is 13.4. The van der Waals surface area contributed by atoms with Gasteiger partial charge in [-0.1, -0.05) is 41.9 Å². The summed E-state index contributed by atoms with van der Waals surface area (Å²) in [6.45, 7) is 3.94. The first-order valence-electron chi connectivity index (χ1n) is 14.0. The van der Waals surface area contributed by atoms with Crippen LogP contribution in [0.1, 0.15) is 35.3 Å². The molecule has 0 aromatic heterocycles. The van der Waals surface area contributed by atoms with Gasteiger partial charge in [-0.25, -0.2) is 0 Å². The van der Waals surface area contributed by atoms with E-state index in [1.165, 1.54) is 6.07 Å².